The predicted octanol–water partition coefficient (Wildman–Crippen LogP) is 3.94. The molecule has 134 valence electrons. The first kappa shape index (κ1) is 17.9. The molecule has 25 heavy (non-hydrogen) atoms. The van der Waals surface area contributed by atoms with Gasteiger partial charge in [-0.15, -0.1) is 11.3 Å². The van der Waals surface area contributed by atoms with E-state index in [-0.39, 0.29) is 5.91 Å². The average molecular weight is 358 g/mol. The molecule has 1 fully saturated rings. The number of amides is 1. The van der Waals surface area contributed by atoms with Gasteiger partial charge in [-0.1, -0.05) is 19.1 Å². The number of carbonyl (C=O) groups excluding carboxylic acids is 1. The molecule has 1 aromatic carbocycles. The van der Waals surface area contributed by atoms with Gasteiger partial charge in [-0.2, -0.15) is 0 Å². The molecule has 0 bridgehead atoms. The van der Waals surface area contributed by atoms with Crippen molar-refractivity contribution in [3.8, 4) is 0 Å². The highest BCUT2D eigenvalue weighted by Gasteiger charge is 2.16. The number of carbonyl (C=O) groups is 1. The minimum Gasteiger partial charge on any atom is -0.371 e. The Morgan fingerprint density at radius 3 is 2.84 bits per heavy atom. The smallest absolute Gasteiger partial charge is 0.220 e. The predicted molar refractivity (Wildman–Crippen MR) is 104 cm³/mol. The number of anilines is 1. The number of rotatable bonds is 6. The lowest BCUT2D eigenvalue weighted by atomic mass is 9.99. The summed E-state index contributed by atoms with van der Waals surface area (Å²) in [5, 5.41) is 3.02. The molecule has 1 atom stereocenters. The minimum atomic E-state index is 0.0988. The molecule has 1 aromatic heterocycles. The zero-order chi connectivity index (χ0) is 17.6. The summed E-state index contributed by atoms with van der Waals surface area (Å²) in [5.41, 5.74) is 5.33. The summed E-state index contributed by atoms with van der Waals surface area (Å²) in [6.07, 6.45) is 3.90. The van der Waals surface area contributed by atoms with Crippen LogP contribution >= 0.6 is 11.3 Å². The molecular weight excluding hydrogens is 330 g/mol. The fourth-order valence-corrected chi connectivity index (χ4v) is 4.11. The fraction of sp³-hybridized carbons (Fsp3) is 0.500. The third kappa shape index (κ3) is 5.05. The number of thiazole rings is 1. The number of hydrogen-bond acceptors (Lipinski definition) is 4. The lowest BCUT2D eigenvalue weighted by Crippen LogP contribution is -2.34. The van der Waals surface area contributed by atoms with E-state index in [2.05, 4.69) is 46.4 Å². The Hall–Kier alpha value is -1.88. The van der Waals surface area contributed by atoms with E-state index in [0.717, 1.165) is 36.7 Å². The van der Waals surface area contributed by atoms with Gasteiger partial charge in [-0.25, -0.2) is 4.98 Å². The van der Waals surface area contributed by atoms with Crippen molar-refractivity contribution < 1.29 is 4.79 Å². The first-order valence-corrected chi connectivity index (χ1v) is 9.99. The molecule has 5 heteroatoms. The normalized spacial score (nSPS) is 17.5. The summed E-state index contributed by atoms with van der Waals surface area (Å²) in [6.45, 7) is 7.21. The second-order valence-corrected chi connectivity index (χ2v) is 7.94. The summed E-state index contributed by atoms with van der Waals surface area (Å²) in [5.74, 6) is 0.872. The van der Waals surface area contributed by atoms with Gasteiger partial charge >= 0.3 is 0 Å². The fourth-order valence-electron chi connectivity index (χ4n) is 3.33. The molecule has 1 aliphatic heterocycles. The van der Waals surface area contributed by atoms with Crippen molar-refractivity contribution in [2.75, 3.05) is 18.0 Å². The lowest BCUT2D eigenvalue weighted by Gasteiger charge is -2.32. The van der Waals surface area contributed by atoms with E-state index in [9.17, 15) is 4.79 Å². The summed E-state index contributed by atoms with van der Waals surface area (Å²) in [6, 6.07) is 8.62. The molecule has 3 rings (SSSR count). The van der Waals surface area contributed by atoms with Crippen LogP contribution in [0.5, 0.6) is 0 Å². The molecule has 0 aliphatic carbocycles. The Kier molecular flexibility index (Phi) is 6.08. The molecule has 0 spiro atoms. The first-order chi connectivity index (χ1) is 12.1. The Morgan fingerprint density at radius 2 is 2.16 bits per heavy atom. The van der Waals surface area contributed by atoms with Crippen LogP contribution in [0.1, 0.15) is 42.3 Å². The van der Waals surface area contributed by atoms with E-state index in [1.807, 2.05) is 12.4 Å². The van der Waals surface area contributed by atoms with E-state index >= 15 is 0 Å². The quantitative estimate of drug-likeness (QED) is 0.852. The topological polar surface area (TPSA) is 45.2 Å². The summed E-state index contributed by atoms with van der Waals surface area (Å²) in [7, 11) is 0. The lowest BCUT2D eigenvalue weighted by molar-refractivity contribution is -0.121. The molecular formula is C20H27N3OS. The van der Waals surface area contributed by atoms with Crippen LogP contribution in [-0.4, -0.2) is 24.0 Å². The standard InChI is InChI=1S/C20H27N3OS/c1-15-4-3-11-23(13-15)18-7-5-17(6-8-18)12-21-20(24)10-9-19-16(2)22-14-25-19/h5-8,14-15H,3-4,9-13H2,1-2H3,(H,21,24)/t15-/m1/s1. The molecule has 0 saturated carbocycles. The van der Waals surface area contributed by atoms with Crippen LogP contribution in [0, 0.1) is 12.8 Å². The maximum Gasteiger partial charge on any atom is 0.220 e. The van der Waals surface area contributed by atoms with Crippen LogP contribution < -0.4 is 10.2 Å². The maximum atomic E-state index is 12.0. The first-order valence-electron chi connectivity index (χ1n) is 9.11. The molecule has 2 heterocycles. The summed E-state index contributed by atoms with van der Waals surface area (Å²) < 4.78 is 0. The van der Waals surface area contributed by atoms with E-state index in [1.54, 1.807) is 11.3 Å². The Bertz CT molecular complexity index is 695. The summed E-state index contributed by atoms with van der Waals surface area (Å²) in [4.78, 5) is 19.9. The van der Waals surface area contributed by atoms with E-state index in [4.69, 9.17) is 0 Å². The van der Waals surface area contributed by atoms with Crippen molar-refractivity contribution in [1.82, 2.24) is 10.3 Å². The maximum absolute atomic E-state index is 12.0. The largest absolute Gasteiger partial charge is 0.371 e. The highest BCUT2D eigenvalue weighted by molar-refractivity contribution is 7.09. The van der Waals surface area contributed by atoms with Gasteiger partial charge in [0.25, 0.3) is 0 Å². The van der Waals surface area contributed by atoms with Gasteiger partial charge in [0.05, 0.1) is 11.2 Å². The van der Waals surface area contributed by atoms with Gasteiger partial charge in [0.1, 0.15) is 0 Å². The number of piperidine rings is 1. The summed E-state index contributed by atoms with van der Waals surface area (Å²) >= 11 is 1.63. The van der Waals surface area contributed by atoms with Crippen LogP contribution in [0.25, 0.3) is 0 Å². The third-order valence-electron chi connectivity index (χ3n) is 4.87. The molecule has 0 radical (unpaired) electrons. The van der Waals surface area contributed by atoms with E-state index < -0.39 is 0 Å². The zero-order valence-electron chi connectivity index (χ0n) is 15.1. The minimum absolute atomic E-state index is 0.0988. The monoisotopic (exact) mass is 357 g/mol. The van der Waals surface area contributed by atoms with E-state index in [0.29, 0.717) is 13.0 Å². The molecule has 1 saturated heterocycles. The van der Waals surface area contributed by atoms with E-state index in [1.165, 1.54) is 23.4 Å². The highest BCUT2D eigenvalue weighted by Crippen LogP contribution is 2.23. The number of nitrogens with zero attached hydrogens (tertiary/aromatic N) is 2. The van der Waals surface area contributed by atoms with Crippen molar-refractivity contribution in [2.45, 2.75) is 46.1 Å². The number of benzene rings is 1. The molecule has 2 aromatic rings. The van der Waals surface area contributed by atoms with Crippen molar-refractivity contribution in [3.63, 3.8) is 0 Å². The number of nitrogens with one attached hydrogen (secondary N) is 1. The van der Waals surface area contributed by atoms with Crippen LogP contribution in [0.4, 0.5) is 5.69 Å². The number of aromatic nitrogens is 1. The van der Waals surface area contributed by atoms with Crippen LogP contribution in [0.3, 0.4) is 0 Å². The SMILES string of the molecule is Cc1ncsc1CCC(=O)NCc1ccc(N2CCC[C@@H](C)C2)cc1. The van der Waals surface area contributed by atoms with Gasteiger partial charge < -0.3 is 10.2 Å². The number of hydrogen-bond donors (Lipinski definition) is 1. The number of aryl methyl sites for hydroxylation is 2. The van der Waals surface area contributed by atoms with Crippen molar-refractivity contribution >= 4 is 22.9 Å². The van der Waals surface area contributed by atoms with Crippen molar-refractivity contribution in [3.05, 3.63) is 45.9 Å². The van der Waals surface area contributed by atoms with Gasteiger partial charge in [-0.3, -0.25) is 4.79 Å². The highest BCUT2D eigenvalue weighted by atomic mass is 32.1. The molecule has 0 unspecified atom stereocenters. The van der Waals surface area contributed by atoms with Crippen LogP contribution in [-0.2, 0) is 17.8 Å². The average Bonchev–Trinajstić information content (AvgIpc) is 3.03. The van der Waals surface area contributed by atoms with Crippen molar-refractivity contribution in [1.29, 1.82) is 0 Å². The molecule has 1 aliphatic rings. The Morgan fingerprint density at radius 1 is 1.36 bits per heavy atom. The second-order valence-electron chi connectivity index (χ2n) is 7.00. The van der Waals surface area contributed by atoms with Crippen LogP contribution in [0.15, 0.2) is 29.8 Å². The third-order valence-corrected chi connectivity index (χ3v) is 5.87. The van der Waals surface area contributed by atoms with Crippen molar-refractivity contribution in [2.24, 2.45) is 5.92 Å². The zero-order valence-corrected chi connectivity index (χ0v) is 15.9. The molecule has 4 nitrogen and oxygen atoms in total. The molecule has 1 N–H and O–H groups in total. The van der Waals surface area contributed by atoms with Gasteiger partial charge in [0.2, 0.25) is 5.91 Å². The second kappa shape index (κ2) is 8.48. The Balaban J connectivity index is 1.45. The Labute approximate surface area is 154 Å². The van der Waals surface area contributed by atoms with Gasteiger partial charge in [0.15, 0.2) is 0 Å². The van der Waals surface area contributed by atoms with Crippen LogP contribution in [0.2, 0.25) is 0 Å². The van der Waals surface area contributed by atoms with Gasteiger partial charge in [-0.05, 0) is 49.8 Å². The molecule has 1 amide bonds. The van der Waals surface area contributed by atoms with Gasteiger partial charge in [0, 0.05) is 36.6 Å².